The van der Waals surface area contributed by atoms with E-state index in [0.29, 0.717) is 0 Å². The van der Waals surface area contributed by atoms with E-state index in [0.717, 1.165) is 5.92 Å². The lowest BCUT2D eigenvalue weighted by Crippen LogP contribution is -2.00. The van der Waals surface area contributed by atoms with Gasteiger partial charge in [-0.3, -0.25) is 4.68 Å². The number of hydrogen-bond acceptors (Lipinski definition) is 1. The van der Waals surface area contributed by atoms with Crippen LogP contribution in [0.1, 0.15) is 102 Å². The van der Waals surface area contributed by atoms with Crippen molar-refractivity contribution < 1.29 is 0 Å². The Labute approximate surface area is 132 Å². The fourth-order valence-corrected chi connectivity index (χ4v) is 3.29. The molecule has 2 heteroatoms. The molecule has 122 valence electrons. The van der Waals surface area contributed by atoms with Crippen LogP contribution in [0.25, 0.3) is 0 Å². The number of nitrogens with zero attached hydrogens (tertiary/aromatic N) is 2. The zero-order valence-corrected chi connectivity index (χ0v) is 14.8. The van der Waals surface area contributed by atoms with Gasteiger partial charge in [-0.15, -0.1) is 0 Å². The fraction of sp³-hybridized carbons (Fsp3) is 0.842. The Balaban J connectivity index is 2.47. The highest BCUT2D eigenvalue weighted by Gasteiger charge is 2.16. The van der Waals surface area contributed by atoms with Gasteiger partial charge in [-0.25, -0.2) is 0 Å². The molecule has 0 saturated carbocycles. The summed E-state index contributed by atoms with van der Waals surface area (Å²) in [5, 5.41) is 4.55. The molecule has 0 bridgehead atoms. The van der Waals surface area contributed by atoms with Crippen molar-refractivity contribution >= 4 is 0 Å². The van der Waals surface area contributed by atoms with Crippen molar-refractivity contribution in [3.05, 3.63) is 17.5 Å². The molecule has 0 saturated heterocycles. The molecule has 1 aromatic rings. The van der Waals surface area contributed by atoms with E-state index < -0.39 is 0 Å². The van der Waals surface area contributed by atoms with Crippen molar-refractivity contribution in [2.45, 2.75) is 97.3 Å². The first kappa shape index (κ1) is 18.3. The van der Waals surface area contributed by atoms with Crippen molar-refractivity contribution in [2.75, 3.05) is 0 Å². The SMILES string of the molecule is CCCCCCCC(CCCCCC)c1cn(C)nc1C. The summed E-state index contributed by atoms with van der Waals surface area (Å²) in [5.41, 5.74) is 2.75. The van der Waals surface area contributed by atoms with Gasteiger partial charge in [0.15, 0.2) is 0 Å². The van der Waals surface area contributed by atoms with Gasteiger partial charge in [0, 0.05) is 13.2 Å². The summed E-state index contributed by atoms with van der Waals surface area (Å²) >= 11 is 0. The van der Waals surface area contributed by atoms with Crippen LogP contribution in [0, 0.1) is 6.92 Å². The van der Waals surface area contributed by atoms with Gasteiger partial charge in [0.2, 0.25) is 0 Å². The zero-order chi connectivity index (χ0) is 15.5. The van der Waals surface area contributed by atoms with Gasteiger partial charge in [-0.05, 0) is 31.2 Å². The first-order valence-electron chi connectivity index (χ1n) is 9.19. The molecule has 1 unspecified atom stereocenters. The predicted octanol–water partition coefficient (Wildman–Crippen LogP) is 6.14. The standard InChI is InChI=1S/C19H36N2/c1-5-7-9-11-13-15-18(14-12-10-8-6-2)19-16-21(4)20-17(19)3/h16,18H,5-15H2,1-4H3. The van der Waals surface area contributed by atoms with Crippen LogP contribution in [0.15, 0.2) is 6.20 Å². The zero-order valence-electron chi connectivity index (χ0n) is 14.8. The molecule has 0 aliphatic rings. The van der Waals surface area contributed by atoms with Crippen molar-refractivity contribution in [1.29, 1.82) is 0 Å². The molecule has 1 rings (SSSR count). The maximum Gasteiger partial charge on any atom is 0.0628 e. The van der Waals surface area contributed by atoms with E-state index in [1.54, 1.807) is 0 Å². The fourth-order valence-electron chi connectivity index (χ4n) is 3.29. The van der Waals surface area contributed by atoms with Crippen LogP contribution in [0.5, 0.6) is 0 Å². The van der Waals surface area contributed by atoms with E-state index in [2.05, 4.69) is 32.1 Å². The maximum absolute atomic E-state index is 4.55. The molecule has 0 spiro atoms. The first-order chi connectivity index (χ1) is 10.2. The second kappa shape index (κ2) is 10.9. The number of unbranched alkanes of at least 4 members (excludes halogenated alkanes) is 7. The normalized spacial score (nSPS) is 12.8. The average molecular weight is 293 g/mol. The molecule has 0 aromatic carbocycles. The Morgan fingerprint density at radius 3 is 1.90 bits per heavy atom. The Morgan fingerprint density at radius 2 is 1.43 bits per heavy atom. The third kappa shape index (κ3) is 7.15. The Hall–Kier alpha value is -0.790. The lowest BCUT2D eigenvalue weighted by molar-refractivity contribution is 0.492. The van der Waals surface area contributed by atoms with Crippen molar-refractivity contribution in [1.82, 2.24) is 9.78 Å². The number of aryl methyl sites for hydroxylation is 2. The third-order valence-electron chi connectivity index (χ3n) is 4.55. The van der Waals surface area contributed by atoms with Crippen LogP contribution in [0.3, 0.4) is 0 Å². The van der Waals surface area contributed by atoms with Crippen molar-refractivity contribution in [3.8, 4) is 0 Å². The van der Waals surface area contributed by atoms with Crippen LogP contribution in [-0.2, 0) is 7.05 Å². The molecule has 21 heavy (non-hydrogen) atoms. The maximum atomic E-state index is 4.55. The topological polar surface area (TPSA) is 17.8 Å². The van der Waals surface area contributed by atoms with Gasteiger partial charge in [0.1, 0.15) is 0 Å². The lowest BCUT2D eigenvalue weighted by atomic mass is 9.88. The molecule has 0 N–H and O–H groups in total. The van der Waals surface area contributed by atoms with E-state index in [-0.39, 0.29) is 0 Å². The summed E-state index contributed by atoms with van der Waals surface area (Å²) in [7, 11) is 2.05. The second-order valence-corrected chi connectivity index (χ2v) is 6.59. The molecule has 1 atom stereocenters. The number of aromatic nitrogens is 2. The van der Waals surface area contributed by atoms with E-state index in [1.165, 1.54) is 81.9 Å². The molecule has 0 fully saturated rings. The molecule has 0 radical (unpaired) electrons. The summed E-state index contributed by atoms with van der Waals surface area (Å²) in [5.74, 6) is 0.734. The Morgan fingerprint density at radius 1 is 0.905 bits per heavy atom. The van der Waals surface area contributed by atoms with Gasteiger partial charge in [0.05, 0.1) is 5.69 Å². The second-order valence-electron chi connectivity index (χ2n) is 6.59. The highest BCUT2D eigenvalue weighted by atomic mass is 15.2. The van der Waals surface area contributed by atoms with Gasteiger partial charge in [-0.1, -0.05) is 71.6 Å². The van der Waals surface area contributed by atoms with E-state index in [4.69, 9.17) is 0 Å². The Kier molecular flexibility index (Phi) is 9.45. The minimum atomic E-state index is 0.734. The van der Waals surface area contributed by atoms with Crippen LogP contribution in [-0.4, -0.2) is 9.78 Å². The molecule has 2 nitrogen and oxygen atoms in total. The van der Waals surface area contributed by atoms with Crippen molar-refractivity contribution in [2.24, 2.45) is 7.05 Å². The van der Waals surface area contributed by atoms with E-state index in [9.17, 15) is 0 Å². The summed E-state index contributed by atoms with van der Waals surface area (Å²) in [4.78, 5) is 0. The quantitative estimate of drug-likeness (QED) is 0.423. The smallest absolute Gasteiger partial charge is 0.0628 e. The highest BCUT2D eigenvalue weighted by molar-refractivity contribution is 5.20. The van der Waals surface area contributed by atoms with Gasteiger partial charge in [0.25, 0.3) is 0 Å². The van der Waals surface area contributed by atoms with Gasteiger partial charge >= 0.3 is 0 Å². The number of rotatable bonds is 12. The summed E-state index contributed by atoms with van der Waals surface area (Å²) in [6.07, 6.45) is 17.4. The first-order valence-corrected chi connectivity index (χ1v) is 9.19. The predicted molar refractivity (Wildman–Crippen MR) is 92.8 cm³/mol. The monoisotopic (exact) mass is 292 g/mol. The highest BCUT2D eigenvalue weighted by Crippen LogP contribution is 2.30. The van der Waals surface area contributed by atoms with Gasteiger partial charge in [-0.2, -0.15) is 5.10 Å². The minimum Gasteiger partial charge on any atom is -0.275 e. The summed E-state index contributed by atoms with van der Waals surface area (Å²) in [6.45, 7) is 6.75. The van der Waals surface area contributed by atoms with Crippen molar-refractivity contribution in [3.63, 3.8) is 0 Å². The molecule has 0 amide bonds. The summed E-state index contributed by atoms with van der Waals surface area (Å²) in [6, 6.07) is 0. The molecule has 0 aliphatic carbocycles. The number of hydrogen-bond donors (Lipinski definition) is 0. The molecule has 0 aliphatic heterocycles. The van der Waals surface area contributed by atoms with Crippen LogP contribution >= 0.6 is 0 Å². The Bertz CT molecular complexity index is 368. The summed E-state index contributed by atoms with van der Waals surface area (Å²) < 4.78 is 1.99. The van der Waals surface area contributed by atoms with E-state index >= 15 is 0 Å². The van der Waals surface area contributed by atoms with Crippen LogP contribution in [0.4, 0.5) is 0 Å². The van der Waals surface area contributed by atoms with Crippen LogP contribution < -0.4 is 0 Å². The van der Waals surface area contributed by atoms with Gasteiger partial charge < -0.3 is 0 Å². The lowest BCUT2D eigenvalue weighted by Gasteiger charge is -2.16. The third-order valence-corrected chi connectivity index (χ3v) is 4.55. The largest absolute Gasteiger partial charge is 0.275 e. The molecular weight excluding hydrogens is 256 g/mol. The molecule has 1 aromatic heterocycles. The molecular formula is C19H36N2. The minimum absolute atomic E-state index is 0.734. The molecule has 1 heterocycles. The van der Waals surface area contributed by atoms with Crippen LogP contribution in [0.2, 0.25) is 0 Å². The average Bonchev–Trinajstić information content (AvgIpc) is 2.80. The van der Waals surface area contributed by atoms with E-state index in [1.807, 2.05) is 11.7 Å².